The topological polar surface area (TPSA) is 71.8 Å². The fourth-order valence-electron chi connectivity index (χ4n) is 2.61. The third kappa shape index (κ3) is 4.99. The van der Waals surface area contributed by atoms with Gasteiger partial charge in [-0.05, 0) is 29.7 Å². The molecule has 2 N–H and O–H groups in total. The third-order valence-corrected chi connectivity index (χ3v) is 4.97. The van der Waals surface area contributed by atoms with Gasteiger partial charge in [0.2, 0.25) is 0 Å². The Morgan fingerprint density at radius 1 is 1.39 bits per heavy atom. The van der Waals surface area contributed by atoms with E-state index >= 15 is 0 Å². The molecule has 0 unspecified atom stereocenters. The van der Waals surface area contributed by atoms with Crippen LogP contribution >= 0.6 is 11.8 Å². The van der Waals surface area contributed by atoms with E-state index in [1.165, 1.54) is 18.5 Å². The van der Waals surface area contributed by atoms with E-state index in [4.69, 9.17) is 0 Å². The molecule has 1 aliphatic rings. The monoisotopic (exact) mass is 331 g/mol. The fourth-order valence-corrected chi connectivity index (χ4v) is 3.68. The molecular formula is C16H21N5OS. The Hall–Kier alpha value is -2.02. The number of thioether (sulfide) groups is 1. The Balaban J connectivity index is 1.48. The number of benzene rings is 1. The van der Waals surface area contributed by atoms with Gasteiger partial charge in [0, 0.05) is 18.3 Å². The van der Waals surface area contributed by atoms with Crippen LogP contribution < -0.4 is 10.6 Å². The SMILES string of the molecule is O=C(NCc1cccc(Cn2cncn2)c1)N[C@@H]1CCCSC1. The first-order chi connectivity index (χ1) is 11.3. The number of aromatic nitrogens is 3. The molecule has 1 aliphatic heterocycles. The summed E-state index contributed by atoms with van der Waals surface area (Å²) in [5.74, 6) is 2.22. The lowest BCUT2D eigenvalue weighted by Crippen LogP contribution is -2.44. The van der Waals surface area contributed by atoms with Gasteiger partial charge in [0.05, 0.1) is 6.54 Å². The molecule has 2 heterocycles. The first-order valence-corrected chi connectivity index (χ1v) is 8.97. The van der Waals surface area contributed by atoms with E-state index in [9.17, 15) is 4.79 Å². The van der Waals surface area contributed by atoms with Crippen molar-refractivity contribution in [2.45, 2.75) is 32.0 Å². The van der Waals surface area contributed by atoms with E-state index in [1.807, 2.05) is 30.0 Å². The van der Waals surface area contributed by atoms with Gasteiger partial charge in [-0.1, -0.05) is 24.3 Å². The van der Waals surface area contributed by atoms with E-state index in [0.29, 0.717) is 19.1 Å². The van der Waals surface area contributed by atoms with Crippen LogP contribution in [0.4, 0.5) is 4.79 Å². The zero-order chi connectivity index (χ0) is 15.9. The molecule has 0 spiro atoms. The van der Waals surface area contributed by atoms with Gasteiger partial charge in [-0.15, -0.1) is 0 Å². The largest absolute Gasteiger partial charge is 0.335 e. The normalized spacial score (nSPS) is 17.7. The molecule has 1 fully saturated rings. The summed E-state index contributed by atoms with van der Waals surface area (Å²) in [7, 11) is 0. The molecule has 2 amide bonds. The number of hydrogen-bond acceptors (Lipinski definition) is 4. The minimum absolute atomic E-state index is 0.0841. The minimum atomic E-state index is -0.0841. The van der Waals surface area contributed by atoms with Crippen LogP contribution in [0.15, 0.2) is 36.9 Å². The summed E-state index contributed by atoms with van der Waals surface area (Å²) in [4.78, 5) is 15.9. The van der Waals surface area contributed by atoms with Crippen LogP contribution in [0.3, 0.4) is 0 Å². The van der Waals surface area contributed by atoms with Crippen molar-refractivity contribution in [2.75, 3.05) is 11.5 Å². The number of rotatable bonds is 5. The van der Waals surface area contributed by atoms with Crippen molar-refractivity contribution in [3.05, 3.63) is 48.0 Å². The highest BCUT2D eigenvalue weighted by atomic mass is 32.2. The predicted molar refractivity (Wildman–Crippen MR) is 91.3 cm³/mol. The number of carbonyl (C=O) groups excluding carboxylic acids is 1. The Labute approximate surface area is 140 Å². The first kappa shape index (κ1) is 15.9. The summed E-state index contributed by atoms with van der Waals surface area (Å²) in [6, 6.07) is 8.36. The van der Waals surface area contributed by atoms with Gasteiger partial charge in [0.15, 0.2) is 0 Å². The molecule has 23 heavy (non-hydrogen) atoms. The molecule has 1 saturated heterocycles. The molecule has 1 aromatic heterocycles. The van der Waals surface area contributed by atoms with Crippen LogP contribution in [0.2, 0.25) is 0 Å². The standard InChI is InChI=1S/C16H21N5OS/c22-16(20-15-5-2-6-23-10-15)18-8-13-3-1-4-14(7-13)9-21-12-17-11-19-21/h1,3-4,7,11-12,15H,2,5-6,8-10H2,(H2,18,20,22)/t15-/m1/s1. The van der Waals surface area contributed by atoms with E-state index in [2.05, 4.69) is 26.8 Å². The van der Waals surface area contributed by atoms with Crippen molar-refractivity contribution in [2.24, 2.45) is 0 Å². The zero-order valence-electron chi connectivity index (χ0n) is 12.9. The second-order valence-corrected chi connectivity index (χ2v) is 6.80. The maximum Gasteiger partial charge on any atom is 0.315 e. The molecule has 0 radical (unpaired) electrons. The first-order valence-electron chi connectivity index (χ1n) is 7.82. The molecule has 6 nitrogen and oxygen atoms in total. The van der Waals surface area contributed by atoms with Crippen molar-refractivity contribution in [1.82, 2.24) is 25.4 Å². The maximum absolute atomic E-state index is 12.0. The summed E-state index contributed by atoms with van der Waals surface area (Å²) in [5, 5.41) is 10.1. The molecule has 0 bridgehead atoms. The molecule has 3 rings (SSSR count). The molecular weight excluding hydrogens is 310 g/mol. The van der Waals surface area contributed by atoms with Crippen LogP contribution in [-0.2, 0) is 13.1 Å². The lowest BCUT2D eigenvalue weighted by atomic mass is 10.1. The lowest BCUT2D eigenvalue weighted by Gasteiger charge is -2.22. The van der Waals surface area contributed by atoms with Crippen LogP contribution in [-0.4, -0.2) is 38.3 Å². The van der Waals surface area contributed by atoms with Gasteiger partial charge in [-0.3, -0.25) is 0 Å². The average molecular weight is 331 g/mol. The summed E-state index contributed by atoms with van der Waals surface area (Å²) >= 11 is 1.91. The second-order valence-electron chi connectivity index (χ2n) is 5.65. The highest BCUT2D eigenvalue weighted by molar-refractivity contribution is 7.99. The Kier molecular flexibility index (Phi) is 5.52. The number of amides is 2. The van der Waals surface area contributed by atoms with Crippen LogP contribution in [0.5, 0.6) is 0 Å². The number of carbonyl (C=O) groups is 1. The number of nitrogens with one attached hydrogen (secondary N) is 2. The number of urea groups is 1. The summed E-state index contributed by atoms with van der Waals surface area (Å²) in [6.07, 6.45) is 5.48. The van der Waals surface area contributed by atoms with Crippen LogP contribution in [0.25, 0.3) is 0 Å². The van der Waals surface area contributed by atoms with Crippen molar-refractivity contribution < 1.29 is 4.79 Å². The Bertz CT molecular complexity index is 625. The average Bonchev–Trinajstić information content (AvgIpc) is 3.07. The lowest BCUT2D eigenvalue weighted by molar-refractivity contribution is 0.237. The Morgan fingerprint density at radius 2 is 2.30 bits per heavy atom. The quantitative estimate of drug-likeness (QED) is 0.879. The summed E-state index contributed by atoms with van der Waals surface area (Å²) < 4.78 is 1.78. The van der Waals surface area contributed by atoms with E-state index in [-0.39, 0.29) is 6.03 Å². The van der Waals surface area contributed by atoms with Gasteiger partial charge in [-0.2, -0.15) is 16.9 Å². The van der Waals surface area contributed by atoms with Crippen LogP contribution in [0.1, 0.15) is 24.0 Å². The van der Waals surface area contributed by atoms with Crippen molar-refractivity contribution in [3.8, 4) is 0 Å². The molecule has 0 saturated carbocycles. The minimum Gasteiger partial charge on any atom is -0.335 e. The highest BCUT2D eigenvalue weighted by Gasteiger charge is 2.15. The van der Waals surface area contributed by atoms with E-state index < -0.39 is 0 Å². The molecule has 0 aliphatic carbocycles. The van der Waals surface area contributed by atoms with Gasteiger partial charge in [0.1, 0.15) is 12.7 Å². The van der Waals surface area contributed by atoms with Crippen molar-refractivity contribution in [1.29, 1.82) is 0 Å². The fraction of sp³-hybridized carbons (Fsp3) is 0.438. The highest BCUT2D eigenvalue weighted by Crippen LogP contribution is 2.16. The van der Waals surface area contributed by atoms with Gasteiger partial charge in [-0.25, -0.2) is 14.5 Å². The van der Waals surface area contributed by atoms with Gasteiger partial charge in [0.25, 0.3) is 0 Å². The van der Waals surface area contributed by atoms with Crippen molar-refractivity contribution in [3.63, 3.8) is 0 Å². The van der Waals surface area contributed by atoms with E-state index in [1.54, 1.807) is 11.0 Å². The van der Waals surface area contributed by atoms with Gasteiger partial charge < -0.3 is 10.6 Å². The molecule has 122 valence electrons. The zero-order valence-corrected chi connectivity index (χ0v) is 13.8. The number of hydrogen-bond donors (Lipinski definition) is 2. The third-order valence-electron chi connectivity index (χ3n) is 3.75. The predicted octanol–water partition coefficient (Wildman–Crippen LogP) is 2.02. The summed E-state index contributed by atoms with van der Waals surface area (Å²) in [6.45, 7) is 1.20. The second kappa shape index (κ2) is 8.01. The summed E-state index contributed by atoms with van der Waals surface area (Å²) in [5.41, 5.74) is 2.22. The Morgan fingerprint density at radius 3 is 3.09 bits per heavy atom. The molecule has 1 aromatic carbocycles. The molecule has 1 atom stereocenters. The van der Waals surface area contributed by atoms with Gasteiger partial charge >= 0.3 is 6.03 Å². The molecule has 7 heteroatoms. The number of nitrogens with zero attached hydrogens (tertiary/aromatic N) is 3. The maximum atomic E-state index is 12.0. The smallest absolute Gasteiger partial charge is 0.315 e. The van der Waals surface area contributed by atoms with Crippen molar-refractivity contribution >= 4 is 17.8 Å². The van der Waals surface area contributed by atoms with Crippen LogP contribution in [0, 0.1) is 0 Å². The molecule has 2 aromatic rings. The van der Waals surface area contributed by atoms with E-state index in [0.717, 1.165) is 23.3 Å².